The van der Waals surface area contributed by atoms with Gasteiger partial charge in [0.15, 0.2) is 0 Å². The number of nitrogens with one attached hydrogen (secondary N) is 1. The molecule has 0 aromatic heterocycles. The number of halogens is 1. The van der Waals surface area contributed by atoms with E-state index in [-0.39, 0.29) is 0 Å². The van der Waals surface area contributed by atoms with E-state index >= 15 is 0 Å². The van der Waals surface area contributed by atoms with Crippen LogP contribution < -0.4 is 5.32 Å². The van der Waals surface area contributed by atoms with Crippen LogP contribution in [0.4, 0.5) is 0 Å². The van der Waals surface area contributed by atoms with Gasteiger partial charge in [-0.3, -0.25) is 9.80 Å². The van der Waals surface area contributed by atoms with Crippen LogP contribution >= 0.6 is 11.6 Å². The molecule has 0 radical (unpaired) electrons. The van der Waals surface area contributed by atoms with Crippen molar-refractivity contribution >= 4 is 11.6 Å². The average Bonchev–Trinajstić information content (AvgIpc) is 2.81. The summed E-state index contributed by atoms with van der Waals surface area (Å²) in [6.07, 6.45) is 5.47. The van der Waals surface area contributed by atoms with Gasteiger partial charge in [0, 0.05) is 43.3 Å². The number of rotatable bonds is 5. The molecule has 2 heterocycles. The van der Waals surface area contributed by atoms with Crippen molar-refractivity contribution in [1.82, 2.24) is 15.1 Å². The first kappa shape index (κ1) is 22.4. The lowest BCUT2D eigenvalue weighted by Gasteiger charge is -2.60. The summed E-state index contributed by atoms with van der Waals surface area (Å²) in [7, 11) is 0. The van der Waals surface area contributed by atoms with E-state index in [1.807, 2.05) is 12.1 Å². The minimum atomic E-state index is 0.460. The van der Waals surface area contributed by atoms with Crippen molar-refractivity contribution in [3.63, 3.8) is 0 Å². The minimum absolute atomic E-state index is 0.460. The van der Waals surface area contributed by atoms with E-state index in [0.29, 0.717) is 17.4 Å². The van der Waals surface area contributed by atoms with Crippen LogP contribution in [0.15, 0.2) is 48.5 Å². The van der Waals surface area contributed by atoms with Crippen LogP contribution in [0.1, 0.15) is 68.2 Å². The molecule has 172 valence electrons. The zero-order chi connectivity index (χ0) is 22.1. The van der Waals surface area contributed by atoms with Gasteiger partial charge in [-0.2, -0.15) is 0 Å². The number of piperidine rings is 1. The van der Waals surface area contributed by atoms with Crippen molar-refractivity contribution in [2.75, 3.05) is 32.7 Å². The first-order valence-electron chi connectivity index (χ1n) is 12.6. The first-order chi connectivity index (χ1) is 15.6. The Kier molecular flexibility index (Phi) is 6.63. The Morgan fingerprint density at radius 1 is 1.00 bits per heavy atom. The summed E-state index contributed by atoms with van der Waals surface area (Å²) in [6, 6.07) is 18.7. The maximum absolute atomic E-state index is 6.53. The molecule has 0 bridgehead atoms. The van der Waals surface area contributed by atoms with Crippen molar-refractivity contribution in [2.24, 2.45) is 5.41 Å². The third kappa shape index (κ3) is 4.25. The van der Waals surface area contributed by atoms with Crippen LogP contribution in [0.2, 0.25) is 5.02 Å². The van der Waals surface area contributed by atoms with Crippen LogP contribution in [-0.2, 0) is 6.54 Å². The Bertz CT molecular complexity index is 920. The Balaban J connectivity index is 1.44. The fourth-order valence-electron chi connectivity index (χ4n) is 6.56. The molecule has 3 fully saturated rings. The van der Waals surface area contributed by atoms with Crippen molar-refractivity contribution in [3.8, 4) is 0 Å². The summed E-state index contributed by atoms with van der Waals surface area (Å²) < 4.78 is 0. The fraction of sp³-hybridized carbons (Fsp3) is 0.571. The van der Waals surface area contributed by atoms with Crippen LogP contribution in [-0.4, -0.2) is 48.6 Å². The molecular formula is C28H38ClN3. The second-order valence-corrected chi connectivity index (χ2v) is 10.9. The van der Waals surface area contributed by atoms with Gasteiger partial charge in [0.05, 0.1) is 0 Å². The predicted molar refractivity (Wildman–Crippen MR) is 134 cm³/mol. The number of piperazine rings is 1. The van der Waals surface area contributed by atoms with Gasteiger partial charge in [0.1, 0.15) is 0 Å². The largest absolute Gasteiger partial charge is 0.317 e. The van der Waals surface area contributed by atoms with Gasteiger partial charge >= 0.3 is 0 Å². The van der Waals surface area contributed by atoms with E-state index in [1.165, 1.54) is 49.9 Å². The molecule has 2 aromatic carbocycles. The molecule has 1 saturated carbocycles. The molecule has 1 N–H and O–H groups in total. The van der Waals surface area contributed by atoms with Crippen molar-refractivity contribution in [3.05, 3.63) is 70.2 Å². The summed E-state index contributed by atoms with van der Waals surface area (Å²) in [5.41, 5.74) is 4.85. The third-order valence-corrected chi connectivity index (χ3v) is 8.83. The molecule has 2 unspecified atom stereocenters. The molecular weight excluding hydrogens is 414 g/mol. The standard InChI is InChI=1S/C28H38ClN3/c1-21(2)23-8-4-5-9-24(23)26-20-31(19-22-7-3-6-10-25(22)29)17-18-32(26)27-11-12-28(27)13-15-30-16-14-28/h3-10,21,26-27,30H,11-20H2,1-2H3. The quantitative estimate of drug-likeness (QED) is 0.614. The molecule has 4 heteroatoms. The zero-order valence-corrected chi connectivity index (χ0v) is 20.5. The number of nitrogens with zero attached hydrogens (tertiary/aromatic N) is 2. The predicted octanol–water partition coefficient (Wildman–Crippen LogP) is 5.85. The molecule has 3 aliphatic rings. The maximum Gasteiger partial charge on any atom is 0.0481 e. The summed E-state index contributed by atoms with van der Waals surface area (Å²) in [6.45, 7) is 11.4. The second-order valence-electron chi connectivity index (χ2n) is 10.5. The molecule has 1 spiro atoms. The summed E-state index contributed by atoms with van der Waals surface area (Å²) in [5.74, 6) is 0.543. The van der Waals surface area contributed by atoms with E-state index in [2.05, 4.69) is 65.4 Å². The van der Waals surface area contributed by atoms with Crippen molar-refractivity contribution in [1.29, 1.82) is 0 Å². The fourth-order valence-corrected chi connectivity index (χ4v) is 6.76. The number of hydrogen-bond donors (Lipinski definition) is 1. The molecule has 1 aliphatic carbocycles. The summed E-state index contributed by atoms with van der Waals surface area (Å²) >= 11 is 6.53. The zero-order valence-electron chi connectivity index (χ0n) is 19.7. The molecule has 2 aliphatic heterocycles. The lowest BCUT2D eigenvalue weighted by Crippen LogP contribution is -2.63. The molecule has 3 nitrogen and oxygen atoms in total. The highest BCUT2D eigenvalue weighted by Gasteiger charge is 2.51. The van der Waals surface area contributed by atoms with E-state index in [0.717, 1.165) is 37.2 Å². The van der Waals surface area contributed by atoms with Gasteiger partial charge in [-0.15, -0.1) is 0 Å². The average molecular weight is 452 g/mol. The Morgan fingerprint density at radius 2 is 1.75 bits per heavy atom. The molecule has 2 aromatic rings. The summed E-state index contributed by atoms with van der Waals surface area (Å²) in [5, 5.41) is 4.49. The van der Waals surface area contributed by atoms with Gasteiger partial charge in [0.2, 0.25) is 0 Å². The van der Waals surface area contributed by atoms with Crippen LogP contribution in [0, 0.1) is 5.41 Å². The molecule has 32 heavy (non-hydrogen) atoms. The molecule has 2 saturated heterocycles. The molecule has 0 amide bonds. The van der Waals surface area contributed by atoms with Gasteiger partial charge in [0.25, 0.3) is 0 Å². The van der Waals surface area contributed by atoms with E-state index < -0.39 is 0 Å². The lowest BCUT2D eigenvalue weighted by atomic mass is 9.58. The van der Waals surface area contributed by atoms with Gasteiger partial charge < -0.3 is 5.32 Å². The first-order valence-corrected chi connectivity index (χ1v) is 13.0. The summed E-state index contributed by atoms with van der Waals surface area (Å²) in [4.78, 5) is 5.55. The number of hydrogen-bond acceptors (Lipinski definition) is 3. The highest BCUT2D eigenvalue weighted by Crippen LogP contribution is 2.53. The van der Waals surface area contributed by atoms with Crippen LogP contribution in [0.25, 0.3) is 0 Å². The normalized spacial score (nSPS) is 26.4. The monoisotopic (exact) mass is 451 g/mol. The van der Waals surface area contributed by atoms with Crippen LogP contribution in [0.3, 0.4) is 0 Å². The van der Waals surface area contributed by atoms with Gasteiger partial charge in [-0.1, -0.05) is 67.9 Å². The SMILES string of the molecule is CC(C)c1ccccc1C1CN(Cc2ccccc2Cl)CCN1C1CCC12CCNCC2. The van der Waals surface area contributed by atoms with Gasteiger partial charge in [-0.25, -0.2) is 0 Å². The van der Waals surface area contributed by atoms with E-state index in [1.54, 1.807) is 5.56 Å². The Hall–Kier alpha value is -1.39. The smallest absolute Gasteiger partial charge is 0.0481 e. The molecule has 5 rings (SSSR count). The van der Waals surface area contributed by atoms with Crippen molar-refractivity contribution < 1.29 is 0 Å². The Labute approximate surface area is 199 Å². The third-order valence-electron chi connectivity index (χ3n) is 8.46. The maximum atomic E-state index is 6.53. The molecule has 2 atom stereocenters. The Morgan fingerprint density at radius 3 is 2.47 bits per heavy atom. The topological polar surface area (TPSA) is 18.5 Å². The van der Waals surface area contributed by atoms with Crippen molar-refractivity contribution in [2.45, 2.75) is 64.1 Å². The highest BCUT2D eigenvalue weighted by molar-refractivity contribution is 6.31. The second kappa shape index (κ2) is 9.46. The van der Waals surface area contributed by atoms with E-state index in [9.17, 15) is 0 Å². The lowest BCUT2D eigenvalue weighted by molar-refractivity contribution is -0.0905. The minimum Gasteiger partial charge on any atom is -0.317 e. The highest BCUT2D eigenvalue weighted by atomic mass is 35.5. The van der Waals surface area contributed by atoms with Crippen LogP contribution in [0.5, 0.6) is 0 Å². The van der Waals surface area contributed by atoms with Gasteiger partial charge in [-0.05, 0) is 72.9 Å². The van der Waals surface area contributed by atoms with E-state index in [4.69, 9.17) is 11.6 Å². The number of benzene rings is 2.